The molecular weight excluding hydrogens is 320 g/mol. The maximum Gasteiger partial charge on any atom is 0.261 e. The molecule has 1 saturated heterocycles. The summed E-state index contributed by atoms with van der Waals surface area (Å²) in [5.41, 5.74) is 2.25. The first-order valence-electron chi connectivity index (χ1n) is 8.26. The predicted octanol–water partition coefficient (Wildman–Crippen LogP) is 2.44. The number of rotatable bonds is 4. The first kappa shape index (κ1) is 16.9. The average molecular weight is 344 g/mol. The second kappa shape index (κ2) is 7.32. The molecule has 6 heteroatoms. The van der Waals surface area contributed by atoms with Crippen molar-refractivity contribution < 1.29 is 4.79 Å². The van der Waals surface area contributed by atoms with Gasteiger partial charge in [-0.2, -0.15) is 0 Å². The number of aromatic nitrogens is 1. The Balaban J connectivity index is 1.61. The Labute approximate surface area is 147 Å². The summed E-state index contributed by atoms with van der Waals surface area (Å²) in [6.45, 7) is 8.70. The van der Waals surface area contributed by atoms with Crippen LogP contribution in [0, 0.1) is 13.8 Å². The van der Waals surface area contributed by atoms with Crippen molar-refractivity contribution in [3.8, 4) is 0 Å². The number of carbonyl (C=O) groups excluding carboxylic acids is 1. The van der Waals surface area contributed by atoms with Crippen molar-refractivity contribution in [1.29, 1.82) is 0 Å². The van der Waals surface area contributed by atoms with Crippen LogP contribution in [0.2, 0.25) is 0 Å². The van der Waals surface area contributed by atoms with E-state index in [4.69, 9.17) is 0 Å². The fraction of sp³-hybridized carbons (Fsp3) is 0.444. The number of nitrogens with zero attached hydrogens (tertiary/aromatic N) is 3. The van der Waals surface area contributed by atoms with E-state index in [1.807, 2.05) is 32.2 Å². The van der Waals surface area contributed by atoms with Gasteiger partial charge in [-0.05, 0) is 50.2 Å². The molecule has 0 atom stereocenters. The summed E-state index contributed by atoms with van der Waals surface area (Å²) in [6, 6.07) is 6.00. The van der Waals surface area contributed by atoms with Crippen LogP contribution in [-0.4, -0.2) is 49.0 Å². The number of hydrogen-bond donors (Lipinski definition) is 1. The number of carbonyl (C=O) groups is 1. The number of pyridine rings is 1. The lowest BCUT2D eigenvalue weighted by molar-refractivity contribution is 0.0955. The fourth-order valence-electron chi connectivity index (χ4n) is 2.73. The summed E-state index contributed by atoms with van der Waals surface area (Å²) in [5.74, 6) is 0.992. The monoisotopic (exact) mass is 344 g/mol. The minimum Gasteiger partial charge on any atom is -0.354 e. The second-order valence-electron chi connectivity index (χ2n) is 6.35. The summed E-state index contributed by atoms with van der Waals surface area (Å²) in [7, 11) is 2.14. The molecule has 0 saturated carbocycles. The van der Waals surface area contributed by atoms with Crippen molar-refractivity contribution in [3.05, 3.63) is 45.3 Å². The van der Waals surface area contributed by atoms with Gasteiger partial charge in [-0.3, -0.25) is 4.79 Å². The van der Waals surface area contributed by atoms with E-state index in [0.29, 0.717) is 6.54 Å². The highest BCUT2D eigenvalue weighted by Gasteiger charge is 2.16. The zero-order valence-electron chi connectivity index (χ0n) is 14.5. The summed E-state index contributed by atoms with van der Waals surface area (Å²) >= 11 is 1.55. The van der Waals surface area contributed by atoms with E-state index < -0.39 is 0 Å². The van der Waals surface area contributed by atoms with Gasteiger partial charge < -0.3 is 15.1 Å². The molecule has 5 nitrogen and oxygen atoms in total. The van der Waals surface area contributed by atoms with Gasteiger partial charge in [0.05, 0.1) is 4.88 Å². The highest BCUT2D eigenvalue weighted by molar-refractivity contribution is 7.14. The van der Waals surface area contributed by atoms with Gasteiger partial charge in [-0.25, -0.2) is 4.98 Å². The topological polar surface area (TPSA) is 48.5 Å². The van der Waals surface area contributed by atoms with E-state index in [1.165, 1.54) is 10.4 Å². The predicted molar refractivity (Wildman–Crippen MR) is 98.9 cm³/mol. The van der Waals surface area contributed by atoms with Gasteiger partial charge in [0.25, 0.3) is 5.91 Å². The van der Waals surface area contributed by atoms with E-state index in [1.54, 1.807) is 11.3 Å². The molecule has 0 radical (unpaired) electrons. The van der Waals surface area contributed by atoms with Crippen LogP contribution >= 0.6 is 11.3 Å². The zero-order valence-corrected chi connectivity index (χ0v) is 15.3. The minimum atomic E-state index is -0.00541. The van der Waals surface area contributed by atoms with Gasteiger partial charge in [0.1, 0.15) is 5.82 Å². The van der Waals surface area contributed by atoms with Crippen LogP contribution in [0.25, 0.3) is 0 Å². The first-order valence-corrected chi connectivity index (χ1v) is 9.08. The summed E-state index contributed by atoms with van der Waals surface area (Å²) in [5, 5.41) is 3.01. The Morgan fingerprint density at radius 3 is 2.67 bits per heavy atom. The molecule has 1 N–H and O–H groups in total. The van der Waals surface area contributed by atoms with Crippen molar-refractivity contribution in [3.63, 3.8) is 0 Å². The fourth-order valence-corrected chi connectivity index (χ4v) is 3.68. The van der Waals surface area contributed by atoms with Crippen molar-refractivity contribution in [2.75, 3.05) is 38.1 Å². The highest BCUT2D eigenvalue weighted by atomic mass is 32.1. The van der Waals surface area contributed by atoms with E-state index in [-0.39, 0.29) is 5.91 Å². The average Bonchev–Trinajstić information content (AvgIpc) is 2.93. The van der Waals surface area contributed by atoms with E-state index in [9.17, 15) is 4.79 Å². The van der Waals surface area contributed by atoms with Crippen LogP contribution in [0.1, 0.15) is 25.7 Å². The third-order valence-corrected chi connectivity index (χ3v) is 5.63. The van der Waals surface area contributed by atoms with Gasteiger partial charge in [0, 0.05) is 43.8 Å². The Kier molecular flexibility index (Phi) is 5.16. The highest BCUT2D eigenvalue weighted by Crippen LogP contribution is 2.20. The number of likely N-dealkylation sites (N-methyl/N-ethyl adjacent to an activating group) is 1. The van der Waals surface area contributed by atoms with Crippen LogP contribution in [0.4, 0.5) is 5.82 Å². The molecule has 0 aliphatic carbocycles. The lowest BCUT2D eigenvalue weighted by atomic mass is 10.2. The SMILES string of the molecule is Cc1cc(C(=O)NCc2ccnc(N3CCN(C)CC3)c2)sc1C. The molecule has 128 valence electrons. The normalized spacial score (nSPS) is 15.5. The molecule has 3 rings (SSSR count). The molecule has 0 aromatic carbocycles. The van der Waals surface area contributed by atoms with E-state index >= 15 is 0 Å². The van der Waals surface area contributed by atoms with Crippen LogP contribution in [-0.2, 0) is 6.54 Å². The third-order valence-electron chi connectivity index (χ3n) is 4.48. The van der Waals surface area contributed by atoms with Gasteiger partial charge in [0.15, 0.2) is 0 Å². The third kappa shape index (κ3) is 3.94. The number of nitrogens with one attached hydrogen (secondary N) is 1. The number of piperazine rings is 1. The van der Waals surface area contributed by atoms with Crippen LogP contribution in [0.15, 0.2) is 24.4 Å². The Hall–Kier alpha value is -1.92. The van der Waals surface area contributed by atoms with Crippen LogP contribution in [0.5, 0.6) is 0 Å². The molecule has 3 heterocycles. The molecule has 2 aromatic rings. The Morgan fingerprint density at radius 1 is 1.25 bits per heavy atom. The first-order chi connectivity index (χ1) is 11.5. The molecule has 24 heavy (non-hydrogen) atoms. The molecule has 1 aliphatic rings. The quantitative estimate of drug-likeness (QED) is 0.925. The number of amides is 1. The molecule has 0 bridgehead atoms. The number of aryl methyl sites for hydroxylation is 2. The Bertz CT molecular complexity index is 700. The van der Waals surface area contributed by atoms with Crippen LogP contribution in [0.3, 0.4) is 0 Å². The molecule has 0 unspecified atom stereocenters. The standard InChI is InChI=1S/C18H24N4OS/c1-13-10-16(24-14(13)2)18(23)20-12-15-4-5-19-17(11-15)22-8-6-21(3)7-9-22/h4-5,10-11H,6-9,12H2,1-3H3,(H,20,23). The zero-order chi connectivity index (χ0) is 17.1. The van der Waals surface area contributed by atoms with E-state index in [2.05, 4.69) is 33.2 Å². The van der Waals surface area contributed by atoms with Gasteiger partial charge in [-0.1, -0.05) is 0 Å². The lowest BCUT2D eigenvalue weighted by Crippen LogP contribution is -2.44. The van der Waals surface area contributed by atoms with Crippen molar-refractivity contribution >= 4 is 23.1 Å². The lowest BCUT2D eigenvalue weighted by Gasteiger charge is -2.33. The van der Waals surface area contributed by atoms with Crippen molar-refractivity contribution in [1.82, 2.24) is 15.2 Å². The number of thiophene rings is 1. The maximum atomic E-state index is 12.3. The van der Waals surface area contributed by atoms with Gasteiger partial charge in [-0.15, -0.1) is 11.3 Å². The molecule has 0 spiro atoms. The maximum absolute atomic E-state index is 12.3. The molecular formula is C18H24N4OS. The van der Waals surface area contributed by atoms with Crippen molar-refractivity contribution in [2.45, 2.75) is 20.4 Å². The smallest absolute Gasteiger partial charge is 0.261 e. The number of hydrogen-bond acceptors (Lipinski definition) is 5. The second-order valence-corrected chi connectivity index (χ2v) is 7.60. The summed E-state index contributed by atoms with van der Waals surface area (Å²) in [6.07, 6.45) is 1.83. The van der Waals surface area contributed by atoms with Crippen molar-refractivity contribution in [2.24, 2.45) is 0 Å². The summed E-state index contributed by atoms with van der Waals surface area (Å²) in [4.78, 5) is 23.4. The Morgan fingerprint density at radius 2 is 2.00 bits per heavy atom. The minimum absolute atomic E-state index is 0.00541. The molecule has 1 aliphatic heterocycles. The number of anilines is 1. The molecule has 1 amide bonds. The largest absolute Gasteiger partial charge is 0.354 e. The van der Waals surface area contributed by atoms with Gasteiger partial charge in [0.2, 0.25) is 0 Å². The van der Waals surface area contributed by atoms with Crippen LogP contribution < -0.4 is 10.2 Å². The molecule has 2 aromatic heterocycles. The molecule has 1 fully saturated rings. The summed E-state index contributed by atoms with van der Waals surface area (Å²) < 4.78 is 0. The van der Waals surface area contributed by atoms with Gasteiger partial charge >= 0.3 is 0 Å². The van der Waals surface area contributed by atoms with E-state index in [0.717, 1.165) is 42.4 Å².